The number of rotatable bonds is 7. The number of carbonyl (C=O) groups excluding carboxylic acids is 1. The molecule has 5 heteroatoms. The lowest BCUT2D eigenvalue weighted by atomic mass is 10.1. The van der Waals surface area contributed by atoms with Gasteiger partial charge >= 0.3 is 0 Å². The molecule has 1 amide bonds. The van der Waals surface area contributed by atoms with Gasteiger partial charge in [-0.05, 0) is 55.3 Å². The van der Waals surface area contributed by atoms with Crippen LogP contribution in [0.1, 0.15) is 31.9 Å². The summed E-state index contributed by atoms with van der Waals surface area (Å²) < 4.78 is 10.9. The summed E-state index contributed by atoms with van der Waals surface area (Å²) in [5.41, 5.74) is 1.01. The SMILES string of the molecule is CC[C@H](Oc1ccc(Cl)cc1)C(=O)N[C@@H](C)c1ccc(OC)cc1. The van der Waals surface area contributed by atoms with Crippen LogP contribution in [0, 0.1) is 0 Å². The third-order valence-electron chi connectivity index (χ3n) is 3.73. The van der Waals surface area contributed by atoms with Gasteiger partial charge in [-0.25, -0.2) is 0 Å². The van der Waals surface area contributed by atoms with Gasteiger partial charge in [0.1, 0.15) is 11.5 Å². The molecule has 0 radical (unpaired) electrons. The first-order chi connectivity index (χ1) is 11.5. The zero-order valence-electron chi connectivity index (χ0n) is 14.1. The van der Waals surface area contributed by atoms with E-state index in [1.165, 1.54) is 0 Å². The molecule has 0 heterocycles. The number of methoxy groups -OCH3 is 1. The summed E-state index contributed by atoms with van der Waals surface area (Å²) in [5.74, 6) is 1.27. The summed E-state index contributed by atoms with van der Waals surface area (Å²) in [4.78, 5) is 12.5. The molecule has 4 nitrogen and oxygen atoms in total. The molecule has 0 spiro atoms. The number of halogens is 1. The number of hydrogen-bond donors (Lipinski definition) is 1. The van der Waals surface area contributed by atoms with Crippen molar-refractivity contribution >= 4 is 17.5 Å². The number of ether oxygens (including phenoxy) is 2. The highest BCUT2D eigenvalue weighted by Gasteiger charge is 2.20. The Morgan fingerprint density at radius 1 is 1.08 bits per heavy atom. The Labute approximate surface area is 147 Å². The third kappa shape index (κ3) is 4.90. The molecule has 2 atom stereocenters. The van der Waals surface area contributed by atoms with E-state index in [0.29, 0.717) is 17.2 Å². The molecule has 0 unspecified atom stereocenters. The molecule has 1 N–H and O–H groups in total. The fourth-order valence-electron chi connectivity index (χ4n) is 2.28. The Balaban J connectivity index is 1.98. The Bertz CT molecular complexity index is 655. The van der Waals surface area contributed by atoms with Crippen LogP contribution >= 0.6 is 11.6 Å². The number of hydrogen-bond acceptors (Lipinski definition) is 3. The van der Waals surface area contributed by atoms with E-state index >= 15 is 0 Å². The molecule has 2 rings (SSSR count). The van der Waals surface area contributed by atoms with Crippen molar-refractivity contribution in [2.75, 3.05) is 7.11 Å². The van der Waals surface area contributed by atoms with E-state index in [9.17, 15) is 4.79 Å². The van der Waals surface area contributed by atoms with Crippen molar-refractivity contribution in [1.29, 1.82) is 0 Å². The van der Waals surface area contributed by atoms with Crippen molar-refractivity contribution in [2.24, 2.45) is 0 Å². The molecule has 0 aliphatic carbocycles. The van der Waals surface area contributed by atoms with Crippen molar-refractivity contribution in [3.05, 3.63) is 59.1 Å². The number of carbonyl (C=O) groups is 1. The Morgan fingerprint density at radius 2 is 1.67 bits per heavy atom. The van der Waals surface area contributed by atoms with E-state index in [0.717, 1.165) is 11.3 Å². The average molecular weight is 348 g/mol. The molecule has 0 aromatic heterocycles. The molecule has 2 aromatic rings. The second-order valence-electron chi connectivity index (χ2n) is 5.47. The van der Waals surface area contributed by atoms with Crippen LogP contribution in [0.15, 0.2) is 48.5 Å². The van der Waals surface area contributed by atoms with E-state index in [1.807, 2.05) is 38.1 Å². The molecular formula is C19H22ClNO3. The van der Waals surface area contributed by atoms with Crippen molar-refractivity contribution in [1.82, 2.24) is 5.32 Å². The lowest BCUT2D eigenvalue weighted by Gasteiger charge is -2.21. The summed E-state index contributed by atoms with van der Waals surface area (Å²) in [7, 11) is 1.63. The summed E-state index contributed by atoms with van der Waals surface area (Å²) >= 11 is 5.86. The minimum Gasteiger partial charge on any atom is -0.497 e. The summed E-state index contributed by atoms with van der Waals surface area (Å²) in [6.07, 6.45) is 0.0240. The first kappa shape index (κ1) is 18.1. The van der Waals surface area contributed by atoms with Gasteiger partial charge in [0.05, 0.1) is 13.2 Å². The standard InChI is InChI=1S/C19H22ClNO3/c1-4-18(24-17-11-7-15(20)8-12-17)19(22)21-13(2)14-5-9-16(23-3)10-6-14/h5-13,18H,4H2,1-3H3,(H,21,22)/t13-,18-/m0/s1. The van der Waals surface area contributed by atoms with Crippen molar-refractivity contribution in [2.45, 2.75) is 32.4 Å². The lowest BCUT2D eigenvalue weighted by molar-refractivity contribution is -0.128. The van der Waals surface area contributed by atoms with Gasteiger partial charge in [0.25, 0.3) is 5.91 Å². The van der Waals surface area contributed by atoms with Gasteiger partial charge < -0.3 is 14.8 Å². The molecule has 2 aromatic carbocycles. The smallest absolute Gasteiger partial charge is 0.261 e. The highest BCUT2D eigenvalue weighted by molar-refractivity contribution is 6.30. The molecule has 0 bridgehead atoms. The van der Waals surface area contributed by atoms with Crippen LogP contribution in [0.5, 0.6) is 11.5 Å². The fourth-order valence-corrected chi connectivity index (χ4v) is 2.41. The second-order valence-corrected chi connectivity index (χ2v) is 5.91. The molecule has 0 aliphatic heterocycles. The zero-order chi connectivity index (χ0) is 17.5. The van der Waals surface area contributed by atoms with E-state index < -0.39 is 6.10 Å². The van der Waals surface area contributed by atoms with E-state index in [4.69, 9.17) is 21.1 Å². The largest absolute Gasteiger partial charge is 0.497 e. The molecule has 128 valence electrons. The van der Waals surface area contributed by atoms with E-state index in [2.05, 4.69) is 5.32 Å². The maximum Gasteiger partial charge on any atom is 0.261 e. The predicted molar refractivity (Wildman–Crippen MR) is 95.7 cm³/mol. The average Bonchev–Trinajstić information content (AvgIpc) is 2.61. The third-order valence-corrected chi connectivity index (χ3v) is 3.98. The molecule has 24 heavy (non-hydrogen) atoms. The normalized spacial score (nSPS) is 13.0. The van der Waals surface area contributed by atoms with Gasteiger partial charge in [-0.15, -0.1) is 0 Å². The van der Waals surface area contributed by atoms with Gasteiger partial charge in [0.2, 0.25) is 0 Å². The lowest BCUT2D eigenvalue weighted by Crippen LogP contribution is -2.39. The van der Waals surface area contributed by atoms with Gasteiger partial charge in [-0.3, -0.25) is 4.79 Å². The maximum atomic E-state index is 12.5. The van der Waals surface area contributed by atoms with Crippen molar-refractivity contribution in [3.8, 4) is 11.5 Å². The minimum atomic E-state index is -0.549. The summed E-state index contributed by atoms with van der Waals surface area (Å²) in [6.45, 7) is 3.85. The highest BCUT2D eigenvalue weighted by atomic mass is 35.5. The van der Waals surface area contributed by atoms with E-state index in [-0.39, 0.29) is 11.9 Å². The zero-order valence-corrected chi connectivity index (χ0v) is 14.8. The number of nitrogens with one attached hydrogen (secondary N) is 1. The van der Waals surface area contributed by atoms with Crippen LogP contribution in [-0.2, 0) is 4.79 Å². The van der Waals surface area contributed by atoms with Crippen LogP contribution in [0.3, 0.4) is 0 Å². The van der Waals surface area contributed by atoms with Gasteiger partial charge in [-0.1, -0.05) is 30.7 Å². The maximum absolute atomic E-state index is 12.5. The number of benzene rings is 2. The Hall–Kier alpha value is -2.20. The Kier molecular flexibility index (Phi) is 6.50. The van der Waals surface area contributed by atoms with Crippen LogP contribution in [0.2, 0.25) is 5.02 Å². The van der Waals surface area contributed by atoms with Crippen molar-refractivity contribution < 1.29 is 14.3 Å². The van der Waals surface area contributed by atoms with Crippen LogP contribution < -0.4 is 14.8 Å². The van der Waals surface area contributed by atoms with Gasteiger partial charge in [0.15, 0.2) is 6.10 Å². The van der Waals surface area contributed by atoms with Crippen LogP contribution in [0.25, 0.3) is 0 Å². The predicted octanol–water partition coefficient (Wildman–Crippen LogP) is 4.38. The monoisotopic (exact) mass is 347 g/mol. The quantitative estimate of drug-likeness (QED) is 0.808. The molecule has 0 fully saturated rings. The van der Waals surface area contributed by atoms with Gasteiger partial charge in [0, 0.05) is 5.02 Å². The first-order valence-electron chi connectivity index (χ1n) is 7.90. The van der Waals surface area contributed by atoms with Crippen LogP contribution in [0.4, 0.5) is 0 Å². The van der Waals surface area contributed by atoms with Crippen molar-refractivity contribution in [3.63, 3.8) is 0 Å². The topological polar surface area (TPSA) is 47.6 Å². The molecule has 0 saturated heterocycles. The first-order valence-corrected chi connectivity index (χ1v) is 8.27. The molecular weight excluding hydrogens is 326 g/mol. The Morgan fingerprint density at radius 3 is 2.21 bits per heavy atom. The van der Waals surface area contributed by atoms with E-state index in [1.54, 1.807) is 31.4 Å². The van der Waals surface area contributed by atoms with Gasteiger partial charge in [-0.2, -0.15) is 0 Å². The number of amides is 1. The second kappa shape index (κ2) is 8.60. The minimum absolute atomic E-state index is 0.119. The fraction of sp³-hybridized carbons (Fsp3) is 0.316. The van der Waals surface area contributed by atoms with Crippen LogP contribution in [-0.4, -0.2) is 19.1 Å². The summed E-state index contributed by atoms with van der Waals surface area (Å²) in [6, 6.07) is 14.5. The summed E-state index contributed by atoms with van der Waals surface area (Å²) in [5, 5.41) is 3.62. The molecule has 0 saturated carbocycles. The highest BCUT2D eigenvalue weighted by Crippen LogP contribution is 2.20. The molecule has 0 aliphatic rings.